The first-order valence-electron chi connectivity index (χ1n) is 12.6. The van der Waals surface area contributed by atoms with Crippen molar-refractivity contribution >= 4 is 11.8 Å². The molecule has 7 heteroatoms. The highest BCUT2D eigenvalue weighted by Crippen LogP contribution is 2.31. The van der Waals surface area contributed by atoms with Gasteiger partial charge in [0.05, 0.1) is 5.69 Å². The number of likely N-dealkylation sites (tertiary alicyclic amines) is 2. The standard InChI is InChI=1S/C25H38N4O3/c1-17(2)24(31)28-13-10-18(11-14-28)23-26-21(15-22(30)27-23)20-9-6-12-29(16-20)25(32)19-7-4-3-5-8-19/h15,17-20H,3-14,16H2,1-2H3,(H,26,27,30)/t20-/m0/s1. The van der Waals surface area contributed by atoms with Crippen molar-refractivity contribution in [2.45, 2.75) is 83.5 Å². The highest BCUT2D eigenvalue weighted by atomic mass is 16.2. The number of hydrogen-bond acceptors (Lipinski definition) is 4. The SMILES string of the molecule is CC(C)C(=O)N1CCC(c2nc([C@H]3CCCN(C(=O)C4CCCCC4)C3)cc(=O)[nH]2)CC1. The van der Waals surface area contributed by atoms with E-state index in [0.29, 0.717) is 25.5 Å². The Morgan fingerprint density at radius 2 is 1.66 bits per heavy atom. The van der Waals surface area contributed by atoms with Gasteiger partial charge in [-0.25, -0.2) is 4.98 Å². The minimum absolute atomic E-state index is 0.0124. The Kier molecular flexibility index (Phi) is 7.31. The van der Waals surface area contributed by atoms with Crippen molar-refractivity contribution in [3.8, 4) is 0 Å². The van der Waals surface area contributed by atoms with E-state index in [1.165, 1.54) is 6.42 Å². The average molecular weight is 443 g/mol. The predicted octanol–water partition coefficient (Wildman–Crippen LogP) is 3.42. The maximum absolute atomic E-state index is 13.1. The topological polar surface area (TPSA) is 86.4 Å². The molecule has 2 saturated heterocycles. The van der Waals surface area contributed by atoms with Crippen LogP contribution >= 0.6 is 0 Å². The molecule has 3 aliphatic rings. The molecular formula is C25H38N4O3. The van der Waals surface area contributed by atoms with Gasteiger partial charge in [0.15, 0.2) is 0 Å². The second-order valence-electron chi connectivity index (χ2n) is 10.3. The van der Waals surface area contributed by atoms with Crippen LogP contribution in [0, 0.1) is 11.8 Å². The van der Waals surface area contributed by atoms with E-state index >= 15 is 0 Å². The van der Waals surface area contributed by atoms with Crippen molar-refractivity contribution in [1.29, 1.82) is 0 Å². The molecule has 1 atom stereocenters. The molecule has 0 unspecified atom stereocenters. The van der Waals surface area contributed by atoms with E-state index in [1.807, 2.05) is 23.6 Å². The Morgan fingerprint density at radius 3 is 2.34 bits per heavy atom. The molecule has 4 rings (SSSR count). The van der Waals surface area contributed by atoms with Gasteiger partial charge in [0.1, 0.15) is 5.82 Å². The smallest absolute Gasteiger partial charge is 0.251 e. The van der Waals surface area contributed by atoms with E-state index in [4.69, 9.17) is 4.98 Å². The van der Waals surface area contributed by atoms with Crippen LogP contribution in [0.25, 0.3) is 0 Å². The fraction of sp³-hybridized carbons (Fsp3) is 0.760. The molecule has 32 heavy (non-hydrogen) atoms. The summed E-state index contributed by atoms with van der Waals surface area (Å²) < 4.78 is 0. The third kappa shape index (κ3) is 5.24. The van der Waals surface area contributed by atoms with Gasteiger partial charge in [-0.3, -0.25) is 14.4 Å². The molecule has 0 radical (unpaired) electrons. The van der Waals surface area contributed by atoms with Crippen LogP contribution in [0.1, 0.15) is 95.0 Å². The van der Waals surface area contributed by atoms with E-state index in [0.717, 1.165) is 69.4 Å². The second kappa shape index (κ2) is 10.2. The van der Waals surface area contributed by atoms with Crippen molar-refractivity contribution in [1.82, 2.24) is 19.8 Å². The summed E-state index contributed by atoms with van der Waals surface area (Å²) in [6.07, 6.45) is 9.17. The summed E-state index contributed by atoms with van der Waals surface area (Å²) in [5.41, 5.74) is 0.715. The van der Waals surface area contributed by atoms with Crippen molar-refractivity contribution < 1.29 is 9.59 Å². The van der Waals surface area contributed by atoms with Crippen LogP contribution in [-0.2, 0) is 9.59 Å². The molecule has 1 aromatic heterocycles. The number of aromatic amines is 1. The van der Waals surface area contributed by atoms with E-state index in [-0.39, 0.29) is 35.1 Å². The summed E-state index contributed by atoms with van der Waals surface area (Å²) >= 11 is 0. The predicted molar refractivity (Wildman–Crippen MR) is 123 cm³/mol. The molecule has 0 spiro atoms. The van der Waals surface area contributed by atoms with Gasteiger partial charge >= 0.3 is 0 Å². The highest BCUT2D eigenvalue weighted by Gasteiger charge is 2.32. The van der Waals surface area contributed by atoms with Crippen molar-refractivity contribution in [3.63, 3.8) is 0 Å². The molecule has 3 heterocycles. The summed E-state index contributed by atoms with van der Waals surface area (Å²) in [7, 11) is 0. The second-order valence-corrected chi connectivity index (χ2v) is 10.3. The van der Waals surface area contributed by atoms with Gasteiger partial charge < -0.3 is 14.8 Å². The fourth-order valence-electron chi connectivity index (χ4n) is 5.66. The molecular weight excluding hydrogens is 404 g/mol. The maximum atomic E-state index is 13.1. The molecule has 0 bridgehead atoms. The number of H-pyrrole nitrogens is 1. The quantitative estimate of drug-likeness (QED) is 0.774. The summed E-state index contributed by atoms with van der Waals surface area (Å²) in [6.45, 7) is 6.79. The van der Waals surface area contributed by atoms with E-state index < -0.39 is 0 Å². The molecule has 0 aromatic carbocycles. The van der Waals surface area contributed by atoms with Crippen LogP contribution in [0.2, 0.25) is 0 Å². The van der Waals surface area contributed by atoms with Crippen LogP contribution in [0.5, 0.6) is 0 Å². The fourth-order valence-corrected chi connectivity index (χ4v) is 5.66. The normalized spacial score (nSPS) is 23.5. The minimum Gasteiger partial charge on any atom is -0.342 e. The van der Waals surface area contributed by atoms with Gasteiger partial charge in [-0.15, -0.1) is 0 Å². The van der Waals surface area contributed by atoms with Crippen molar-refractivity contribution in [3.05, 3.63) is 27.9 Å². The number of nitrogens with zero attached hydrogens (tertiary/aromatic N) is 3. The first kappa shape index (κ1) is 23.0. The minimum atomic E-state index is -0.110. The van der Waals surface area contributed by atoms with E-state index in [9.17, 15) is 14.4 Å². The van der Waals surface area contributed by atoms with Crippen LogP contribution in [0.3, 0.4) is 0 Å². The summed E-state index contributed by atoms with van der Waals surface area (Å²) in [6, 6.07) is 1.63. The first-order chi connectivity index (χ1) is 15.4. The molecule has 7 nitrogen and oxygen atoms in total. The Morgan fingerprint density at radius 1 is 0.938 bits per heavy atom. The molecule has 1 aromatic rings. The number of carbonyl (C=O) groups excluding carboxylic acids is 2. The number of nitrogens with one attached hydrogen (secondary N) is 1. The van der Waals surface area contributed by atoms with Gasteiger partial charge in [0, 0.05) is 55.9 Å². The number of carbonyl (C=O) groups is 2. The molecule has 1 saturated carbocycles. The number of hydrogen-bond donors (Lipinski definition) is 1. The lowest BCUT2D eigenvalue weighted by Crippen LogP contribution is -2.43. The molecule has 3 fully saturated rings. The van der Waals surface area contributed by atoms with Gasteiger partial charge in [-0.1, -0.05) is 33.1 Å². The molecule has 2 aliphatic heterocycles. The van der Waals surface area contributed by atoms with Gasteiger partial charge in [0.25, 0.3) is 5.56 Å². The lowest BCUT2D eigenvalue weighted by molar-refractivity contribution is -0.138. The first-order valence-corrected chi connectivity index (χ1v) is 12.6. The highest BCUT2D eigenvalue weighted by molar-refractivity contribution is 5.79. The lowest BCUT2D eigenvalue weighted by atomic mass is 9.86. The van der Waals surface area contributed by atoms with E-state index in [2.05, 4.69) is 4.98 Å². The van der Waals surface area contributed by atoms with Gasteiger partial charge in [-0.05, 0) is 38.5 Å². The summed E-state index contributed by atoms with van der Waals surface area (Å²) in [5.74, 6) is 1.75. The molecule has 176 valence electrons. The van der Waals surface area contributed by atoms with Gasteiger partial charge in [0.2, 0.25) is 11.8 Å². The van der Waals surface area contributed by atoms with Crippen LogP contribution in [0.15, 0.2) is 10.9 Å². The lowest BCUT2D eigenvalue weighted by Gasteiger charge is -2.36. The van der Waals surface area contributed by atoms with Crippen molar-refractivity contribution in [2.75, 3.05) is 26.2 Å². The molecule has 2 amide bonds. The molecule has 1 N–H and O–H groups in total. The summed E-state index contributed by atoms with van der Waals surface area (Å²) in [4.78, 5) is 49.6. The zero-order valence-corrected chi connectivity index (χ0v) is 19.6. The van der Waals surface area contributed by atoms with Gasteiger partial charge in [-0.2, -0.15) is 0 Å². The Hall–Kier alpha value is -2.18. The Balaban J connectivity index is 1.43. The third-order valence-corrected chi connectivity index (χ3v) is 7.57. The Bertz CT molecular complexity index is 866. The average Bonchev–Trinajstić information content (AvgIpc) is 2.83. The largest absolute Gasteiger partial charge is 0.342 e. The number of amides is 2. The summed E-state index contributed by atoms with van der Waals surface area (Å²) in [5, 5.41) is 0. The Labute approximate surface area is 191 Å². The number of rotatable bonds is 4. The van der Waals surface area contributed by atoms with Crippen LogP contribution < -0.4 is 5.56 Å². The molecule has 1 aliphatic carbocycles. The third-order valence-electron chi connectivity index (χ3n) is 7.57. The maximum Gasteiger partial charge on any atom is 0.251 e. The zero-order valence-electron chi connectivity index (χ0n) is 19.6. The van der Waals surface area contributed by atoms with Crippen molar-refractivity contribution in [2.24, 2.45) is 11.8 Å². The monoisotopic (exact) mass is 442 g/mol. The zero-order chi connectivity index (χ0) is 22.7. The van der Waals surface area contributed by atoms with Crippen LogP contribution in [-0.4, -0.2) is 57.8 Å². The number of piperidine rings is 2. The number of aromatic nitrogens is 2. The van der Waals surface area contributed by atoms with E-state index in [1.54, 1.807) is 6.07 Å². The van der Waals surface area contributed by atoms with Crippen LogP contribution in [0.4, 0.5) is 0 Å².